The van der Waals surface area contributed by atoms with E-state index in [1.165, 1.54) is 19.3 Å². The summed E-state index contributed by atoms with van der Waals surface area (Å²) in [5, 5.41) is 12.6. The molecule has 2 atom stereocenters. The monoisotopic (exact) mass is 255 g/mol. The Morgan fingerprint density at radius 1 is 1.50 bits per heavy atom. The molecule has 0 spiro atoms. The average Bonchev–Trinajstić information content (AvgIpc) is 2.12. The third kappa shape index (κ3) is 2.72. The highest BCUT2D eigenvalue weighted by Gasteiger charge is 2.17. The molecule has 0 bridgehead atoms. The van der Waals surface area contributed by atoms with Crippen molar-refractivity contribution in [1.82, 2.24) is 5.32 Å². The molecule has 0 saturated carbocycles. The fraction of sp³-hybridized carbons (Fsp3) is 1.00. The summed E-state index contributed by atoms with van der Waals surface area (Å²) in [5.74, 6) is 0.475. The van der Waals surface area contributed by atoms with E-state index in [9.17, 15) is 5.11 Å². The average molecular weight is 255 g/mol. The highest BCUT2D eigenvalue weighted by molar-refractivity contribution is 14.1. The molecule has 1 aliphatic heterocycles. The molecule has 0 aromatic carbocycles. The molecular formula is C7H14INO. The van der Waals surface area contributed by atoms with E-state index in [1.807, 2.05) is 0 Å². The first-order chi connectivity index (χ1) is 4.80. The summed E-state index contributed by atoms with van der Waals surface area (Å²) in [6.45, 7) is 2.12. The highest BCUT2D eigenvalue weighted by atomic mass is 127. The Kier molecular flexibility index (Phi) is 3.95. The highest BCUT2D eigenvalue weighted by Crippen LogP contribution is 2.18. The van der Waals surface area contributed by atoms with Gasteiger partial charge in [0.1, 0.15) is 4.11 Å². The van der Waals surface area contributed by atoms with E-state index in [-0.39, 0.29) is 4.11 Å². The molecule has 60 valence electrons. The molecule has 3 heteroatoms. The first-order valence-corrected chi connectivity index (χ1v) is 5.08. The van der Waals surface area contributed by atoms with Gasteiger partial charge in [0.2, 0.25) is 0 Å². The van der Waals surface area contributed by atoms with E-state index in [2.05, 4.69) is 27.9 Å². The summed E-state index contributed by atoms with van der Waals surface area (Å²) >= 11 is 2.09. The molecule has 1 heterocycles. The predicted octanol–water partition coefficient (Wildman–Crippen LogP) is 1.13. The number of rotatable bonds is 1. The van der Waals surface area contributed by atoms with Crippen LogP contribution in [0, 0.1) is 5.92 Å². The number of hydrogen-bond acceptors (Lipinski definition) is 2. The van der Waals surface area contributed by atoms with Crippen LogP contribution in [-0.2, 0) is 0 Å². The van der Waals surface area contributed by atoms with Crippen molar-refractivity contribution in [2.45, 2.75) is 23.4 Å². The third-order valence-corrected chi connectivity index (χ3v) is 2.99. The van der Waals surface area contributed by atoms with Gasteiger partial charge in [-0.2, -0.15) is 0 Å². The van der Waals surface area contributed by atoms with Crippen LogP contribution < -0.4 is 5.32 Å². The summed E-state index contributed by atoms with van der Waals surface area (Å²) in [6, 6.07) is 0. The maximum atomic E-state index is 9.25. The van der Waals surface area contributed by atoms with E-state index >= 15 is 0 Å². The Hall–Kier alpha value is 0.650. The largest absolute Gasteiger partial charge is 0.382 e. The Labute approximate surface area is 75.5 Å². The molecule has 2 unspecified atom stereocenters. The van der Waals surface area contributed by atoms with Crippen molar-refractivity contribution in [3.63, 3.8) is 0 Å². The van der Waals surface area contributed by atoms with Gasteiger partial charge in [0.15, 0.2) is 0 Å². The van der Waals surface area contributed by atoms with Crippen LogP contribution in [0.2, 0.25) is 0 Å². The smallest absolute Gasteiger partial charge is 0.109 e. The van der Waals surface area contributed by atoms with Crippen LogP contribution in [0.4, 0.5) is 0 Å². The molecule has 1 saturated heterocycles. The second-order valence-electron chi connectivity index (χ2n) is 2.83. The van der Waals surface area contributed by atoms with Crippen LogP contribution in [0.25, 0.3) is 0 Å². The lowest BCUT2D eigenvalue weighted by Crippen LogP contribution is -2.26. The van der Waals surface area contributed by atoms with Crippen LogP contribution in [-0.4, -0.2) is 22.3 Å². The van der Waals surface area contributed by atoms with Crippen molar-refractivity contribution in [2.24, 2.45) is 5.92 Å². The molecule has 1 rings (SSSR count). The normalized spacial score (nSPS) is 31.2. The van der Waals surface area contributed by atoms with Crippen molar-refractivity contribution < 1.29 is 5.11 Å². The number of aliphatic hydroxyl groups is 1. The van der Waals surface area contributed by atoms with Gasteiger partial charge in [-0.15, -0.1) is 0 Å². The fourth-order valence-corrected chi connectivity index (χ4v) is 1.89. The molecule has 0 amide bonds. The number of aliphatic hydroxyl groups excluding tert-OH is 1. The van der Waals surface area contributed by atoms with Gasteiger partial charge < -0.3 is 10.4 Å². The lowest BCUT2D eigenvalue weighted by Gasteiger charge is -2.15. The molecule has 0 radical (unpaired) electrons. The summed E-state index contributed by atoms with van der Waals surface area (Å²) in [6.07, 6.45) is 3.70. The maximum absolute atomic E-state index is 9.25. The zero-order valence-corrected chi connectivity index (χ0v) is 8.17. The lowest BCUT2D eigenvalue weighted by atomic mass is 10.1. The molecule has 2 N–H and O–H groups in total. The van der Waals surface area contributed by atoms with Gasteiger partial charge in [-0.3, -0.25) is 0 Å². The number of nitrogens with one attached hydrogen (secondary N) is 1. The molecular weight excluding hydrogens is 241 g/mol. The number of alkyl halides is 1. The quantitative estimate of drug-likeness (QED) is 0.543. The number of halogens is 1. The van der Waals surface area contributed by atoms with Crippen molar-refractivity contribution >= 4 is 22.6 Å². The second-order valence-corrected chi connectivity index (χ2v) is 4.11. The van der Waals surface area contributed by atoms with Gasteiger partial charge in [-0.05, 0) is 19.4 Å². The summed E-state index contributed by atoms with van der Waals surface area (Å²) < 4.78 is -0.164. The summed E-state index contributed by atoms with van der Waals surface area (Å²) in [4.78, 5) is 0. The van der Waals surface area contributed by atoms with Crippen LogP contribution in [0.5, 0.6) is 0 Å². The molecule has 0 aliphatic carbocycles. The van der Waals surface area contributed by atoms with E-state index in [0.29, 0.717) is 5.92 Å². The Morgan fingerprint density at radius 2 is 2.30 bits per heavy atom. The SMILES string of the molecule is OC(I)C1CCCCNC1. The zero-order valence-electron chi connectivity index (χ0n) is 6.02. The molecule has 2 nitrogen and oxygen atoms in total. The second kappa shape index (κ2) is 4.51. The summed E-state index contributed by atoms with van der Waals surface area (Å²) in [5.41, 5.74) is 0. The molecule has 1 fully saturated rings. The van der Waals surface area contributed by atoms with Gasteiger partial charge >= 0.3 is 0 Å². The Balaban J connectivity index is 2.28. The predicted molar refractivity (Wildman–Crippen MR) is 50.2 cm³/mol. The topological polar surface area (TPSA) is 32.3 Å². The van der Waals surface area contributed by atoms with Crippen LogP contribution >= 0.6 is 22.6 Å². The Bertz CT molecular complexity index is 89.6. The van der Waals surface area contributed by atoms with Crippen LogP contribution in [0.1, 0.15) is 19.3 Å². The molecule has 1 aliphatic rings. The van der Waals surface area contributed by atoms with Crippen LogP contribution in [0.3, 0.4) is 0 Å². The fourth-order valence-electron chi connectivity index (χ4n) is 1.28. The van der Waals surface area contributed by atoms with Crippen molar-refractivity contribution in [3.8, 4) is 0 Å². The minimum atomic E-state index is -0.164. The van der Waals surface area contributed by atoms with E-state index in [0.717, 1.165) is 13.1 Å². The van der Waals surface area contributed by atoms with Crippen molar-refractivity contribution in [3.05, 3.63) is 0 Å². The molecule has 0 aromatic heterocycles. The molecule has 0 aromatic rings. The van der Waals surface area contributed by atoms with E-state index in [4.69, 9.17) is 0 Å². The minimum absolute atomic E-state index is 0.164. The van der Waals surface area contributed by atoms with Gasteiger partial charge in [-0.25, -0.2) is 0 Å². The van der Waals surface area contributed by atoms with Gasteiger partial charge in [-0.1, -0.05) is 29.0 Å². The summed E-state index contributed by atoms with van der Waals surface area (Å²) in [7, 11) is 0. The van der Waals surface area contributed by atoms with Gasteiger partial charge in [0, 0.05) is 12.5 Å². The number of hydrogen-bond donors (Lipinski definition) is 2. The van der Waals surface area contributed by atoms with Crippen molar-refractivity contribution in [1.29, 1.82) is 0 Å². The first kappa shape index (κ1) is 8.74. The third-order valence-electron chi connectivity index (χ3n) is 1.97. The van der Waals surface area contributed by atoms with Crippen LogP contribution in [0.15, 0.2) is 0 Å². The van der Waals surface area contributed by atoms with E-state index < -0.39 is 0 Å². The van der Waals surface area contributed by atoms with Gasteiger partial charge in [0.05, 0.1) is 0 Å². The van der Waals surface area contributed by atoms with Crippen molar-refractivity contribution in [2.75, 3.05) is 13.1 Å². The minimum Gasteiger partial charge on any atom is -0.382 e. The lowest BCUT2D eigenvalue weighted by molar-refractivity contribution is 0.201. The maximum Gasteiger partial charge on any atom is 0.109 e. The van der Waals surface area contributed by atoms with E-state index in [1.54, 1.807) is 0 Å². The first-order valence-electron chi connectivity index (χ1n) is 3.83. The standard InChI is InChI=1S/C7H14INO/c8-7(10)6-3-1-2-4-9-5-6/h6-7,9-10H,1-5H2. The molecule has 10 heavy (non-hydrogen) atoms. The zero-order chi connectivity index (χ0) is 7.40. The Morgan fingerprint density at radius 3 is 3.00 bits per heavy atom. The van der Waals surface area contributed by atoms with Gasteiger partial charge in [0.25, 0.3) is 0 Å².